The topological polar surface area (TPSA) is 132 Å². The number of para-hydroxylation sites is 1. The van der Waals surface area contributed by atoms with E-state index in [9.17, 15) is 17.6 Å². The van der Waals surface area contributed by atoms with Crippen LogP contribution in [0.2, 0.25) is 0 Å². The highest BCUT2D eigenvalue weighted by molar-refractivity contribution is 7.88. The van der Waals surface area contributed by atoms with Crippen molar-refractivity contribution in [2.24, 2.45) is 0 Å². The fraction of sp³-hybridized carbons (Fsp3) is 0.286. The van der Waals surface area contributed by atoms with Crippen molar-refractivity contribution in [3.05, 3.63) is 77.6 Å². The summed E-state index contributed by atoms with van der Waals surface area (Å²) in [6.45, 7) is 0.468. The summed E-state index contributed by atoms with van der Waals surface area (Å²) in [5, 5.41) is 3.79. The molecule has 1 saturated heterocycles. The van der Waals surface area contributed by atoms with Gasteiger partial charge < -0.3 is 24.5 Å². The van der Waals surface area contributed by atoms with Gasteiger partial charge in [0.25, 0.3) is 0 Å². The van der Waals surface area contributed by atoms with Crippen molar-refractivity contribution in [2.75, 3.05) is 31.8 Å². The molecule has 216 valence electrons. The van der Waals surface area contributed by atoms with Gasteiger partial charge in [-0.2, -0.15) is 0 Å². The van der Waals surface area contributed by atoms with E-state index in [0.29, 0.717) is 35.3 Å². The first-order valence-electron chi connectivity index (χ1n) is 12.8. The number of pyridine rings is 1. The van der Waals surface area contributed by atoms with Gasteiger partial charge >= 0.3 is 0 Å². The van der Waals surface area contributed by atoms with Gasteiger partial charge in [-0.3, -0.25) is 4.79 Å². The molecule has 0 aliphatic carbocycles. The first-order chi connectivity index (χ1) is 19.6. The lowest BCUT2D eigenvalue weighted by atomic mass is 10.0. The number of nitrogens with zero attached hydrogens (tertiary/aromatic N) is 1. The standard InChI is InChI=1S/C28H28F2N4O6S/c1-38-24-14-32-28-25(26(24)34-16-7-8-18(39-15-16)12-33-41(2,36)37)20(13-31-28)27(35)19-10-9-17(11-22(19)30)40-23-6-4-3-5-21(23)29/h3-6,9-11,13-14,16,18,33H,7-8,12,15H2,1-2H3,(H2,31,32,34)/t16-,18+/m1/s1. The molecule has 3 heterocycles. The molecule has 3 N–H and O–H groups in total. The lowest BCUT2D eigenvalue weighted by Gasteiger charge is -2.30. The number of ether oxygens (including phenoxy) is 3. The Balaban J connectivity index is 1.38. The lowest BCUT2D eigenvalue weighted by Crippen LogP contribution is -2.40. The fourth-order valence-corrected chi connectivity index (χ4v) is 5.12. The minimum Gasteiger partial charge on any atom is -0.493 e. The highest BCUT2D eigenvalue weighted by atomic mass is 32.2. The Morgan fingerprint density at radius 2 is 1.93 bits per heavy atom. The second-order valence-corrected chi connectivity index (χ2v) is 11.5. The maximum atomic E-state index is 15.2. The summed E-state index contributed by atoms with van der Waals surface area (Å²) in [5.41, 5.74) is 0.845. The zero-order chi connectivity index (χ0) is 29.1. The van der Waals surface area contributed by atoms with Crippen LogP contribution in [-0.4, -0.2) is 62.8 Å². The summed E-state index contributed by atoms with van der Waals surface area (Å²) >= 11 is 0. The van der Waals surface area contributed by atoms with Crippen LogP contribution in [0.15, 0.2) is 54.9 Å². The number of sulfonamides is 1. The normalized spacial score (nSPS) is 17.4. The number of ketones is 1. The zero-order valence-electron chi connectivity index (χ0n) is 22.2. The van der Waals surface area contributed by atoms with Crippen molar-refractivity contribution in [1.29, 1.82) is 0 Å². The largest absolute Gasteiger partial charge is 0.493 e. The molecule has 41 heavy (non-hydrogen) atoms. The number of hydrogen-bond acceptors (Lipinski definition) is 8. The molecule has 5 rings (SSSR count). The summed E-state index contributed by atoms with van der Waals surface area (Å²) in [4.78, 5) is 20.9. The van der Waals surface area contributed by atoms with Crippen molar-refractivity contribution in [2.45, 2.75) is 25.0 Å². The molecule has 4 aromatic rings. The number of fused-ring (bicyclic) bond motifs is 1. The van der Waals surface area contributed by atoms with Crippen LogP contribution in [0.25, 0.3) is 11.0 Å². The van der Waals surface area contributed by atoms with Gasteiger partial charge in [0.1, 0.15) is 17.2 Å². The number of anilines is 1. The number of aromatic nitrogens is 2. The van der Waals surface area contributed by atoms with Gasteiger partial charge in [0.15, 0.2) is 23.1 Å². The van der Waals surface area contributed by atoms with E-state index in [0.717, 1.165) is 12.3 Å². The van der Waals surface area contributed by atoms with Crippen molar-refractivity contribution in [3.63, 3.8) is 0 Å². The Morgan fingerprint density at radius 3 is 2.61 bits per heavy atom. The van der Waals surface area contributed by atoms with Crippen molar-refractivity contribution in [3.8, 4) is 17.2 Å². The van der Waals surface area contributed by atoms with Gasteiger partial charge in [-0.05, 0) is 37.1 Å². The molecule has 1 fully saturated rings. The number of carbonyl (C=O) groups excluding carboxylic acids is 1. The van der Waals surface area contributed by atoms with E-state index < -0.39 is 27.4 Å². The SMILES string of the molecule is COc1cnc2[nH]cc(C(=O)c3ccc(Oc4ccccc4F)cc3F)c2c1N[C@@H]1CC[C@@H](CNS(C)(=O)=O)OC1. The monoisotopic (exact) mass is 586 g/mol. The van der Waals surface area contributed by atoms with Gasteiger partial charge in [0, 0.05) is 24.8 Å². The van der Waals surface area contributed by atoms with E-state index in [1.54, 1.807) is 6.07 Å². The summed E-state index contributed by atoms with van der Waals surface area (Å²) < 4.78 is 71.2. The first-order valence-corrected chi connectivity index (χ1v) is 14.7. The number of hydrogen-bond donors (Lipinski definition) is 3. The summed E-state index contributed by atoms with van der Waals surface area (Å²) in [7, 11) is -1.85. The highest BCUT2D eigenvalue weighted by Gasteiger charge is 2.27. The van der Waals surface area contributed by atoms with Crippen molar-refractivity contribution >= 4 is 32.5 Å². The van der Waals surface area contributed by atoms with Crippen LogP contribution in [-0.2, 0) is 14.8 Å². The Bertz CT molecular complexity index is 1690. The zero-order valence-corrected chi connectivity index (χ0v) is 23.1. The van der Waals surface area contributed by atoms with Gasteiger partial charge in [0.05, 0.1) is 54.5 Å². The first kappa shape index (κ1) is 28.5. The van der Waals surface area contributed by atoms with Gasteiger partial charge in [-0.25, -0.2) is 26.9 Å². The van der Waals surface area contributed by atoms with E-state index in [4.69, 9.17) is 14.2 Å². The van der Waals surface area contributed by atoms with Crippen LogP contribution in [0, 0.1) is 11.6 Å². The minimum atomic E-state index is -3.32. The quantitative estimate of drug-likeness (QED) is 0.233. The maximum Gasteiger partial charge on any atom is 0.208 e. The average molecular weight is 587 g/mol. The molecule has 13 heteroatoms. The molecule has 0 saturated carbocycles. The second-order valence-electron chi connectivity index (χ2n) is 9.63. The minimum absolute atomic E-state index is 0.0381. The Kier molecular flexibility index (Phi) is 8.20. The third-order valence-electron chi connectivity index (χ3n) is 6.67. The molecule has 0 unspecified atom stereocenters. The number of aromatic amines is 1. The smallest absolute Gasteiger partial charge is 0.208 e. The molecule has 1 aliphatic rings. The predicted octanol–water partition coefficient (Wildman–Crippen LogP) is 4.38. The number of rotatable bonds is 10. The van der Waals surface area contributed by atoms with E-state index in [1.165, 1.54) is 49.8 Å². The van der Waals surface area contributed by atoms with Crippen LogP contribution in [0.1, 0.15) is 28.8 Å². The van der Waals surface area contributed by atoms with Crippen molar-refractivity contribution < 1.29 is 36.2 Å². The molecule has 0 spiro atoms. The van der Waals surface area contributed by atoms with Crippen LogP contribution >= 0.6 is 0 Å². The molecule has 0 radical (unpaired) electrons. The molecule has 0 bridgehead atoms. The average Bonchev–Trinajstić information content (AvgIpc) is 3.38. The third kappa shape index (κ3) is 6.47. The molecule has 10 nitrogen and oxygen atoms in total. The number of carbonyl (C=O) groups is 1. The van der Waals surface area contributed by atoms with Gasteiger partial charge in [-0.15, -0.1) is 0 Å². The summed E-state index contributed by atoms with van der Waals surface area (Å²) in [5.74, 6) is -1.69. The van der Waals surface area contributed by atoms with E-state index in [1.807, 2.05) is 0 Å². The van der Waals surface area contributed by atoms with Crippen LogP contribution in [0.3, 0.4) is 0 Å². The summed E-state index contributed by atoms with van der Waals surface area (Å²) in [6, 6.07) is 9.27. The van der Waals surface area contributed by atoms with E-state index in [2.05, 4.69) is 20.0 Å². The van der Waals surface area contributed by atoms with E-state index >= 15 is 4.39 Å². The number of nitrogens with one attached hydrogen (secondary N) is 3. The number of benzene rings is 2. The van der Waals surface area contributed by atoms with E-state index in [-0.39, 0.29) is 47.9 Å². The highest BCUT2D eigenvalue weighted by Crippen LogP contribution is 2.37. The summed E-state index contributed by atoms with van der Waals surface area (Å²) in [6.07, 6.45) is 5.05. The predicted molar refractivity (Wildman–Crippen MR) is 148 cm³/mol. The van der Waals surface area contributed by atoms with Crippen LogP contribution < -0.4 is 19.5 Å². The number of H-pyrrole nitrogens is 1. The lowest BCUT2D eigenvalue weighted by molar-refractivity contribution is 0.0133. The maximum absolute atomic E-state index is 15.2. The number of halogens is 2. The van der Waals surface area contributed by atoms with Crippen LogP contribution in [0.5, 0.6) is 17.2 Å². The Labute approximate surface area is 235 Å². The molecule has 2 atom stereocenters. The van der Waals surface area contributed by atoms with Gasteiger partial charge in [0.2, 0.25) is 10.0 Å². The van der Waals surface area contributed by atoms with Crippen molar-refractivity contribution in [1.82, 2.24) is 14.7 Å². The molecule has 2 aromatic heterocycles. The molecule has 2 aromatic carbocycles. The van der Waals surface area contributed by atoms with Crippen LogP contribution in [0.4, 0.5) is 14.5 Å². The second kappa shape index (κ2) is 11.8. The third-order valence-corrected chi connectivity index (χ3v) is 7.36. The fourth-order valence-electron chi connectivity index (χ4n) is 4.63. The molecule has 0 amide bonds. The molecule has 1 aliphatic heterocycles. The molecular formula is C28H28F2N4O6S. The van der Waals surface area contributed by atoms with Gasteiger partial charge in [-0.1, -0.05) is 12.1 Å². The Morgan fingerprint density at radius 1 is 1.12 bits per heavy atom. The molecular weight excluding hydrogens is 558 g/mol. The number of methoxy groups -OCH3 is 1. The Hall–Kier alpha value is -4.07.